The highest BCUT2D eigenvalue weighted by atomic mass is 16.6. The van der Waals surface area contributed by atoms with Crippen LogP contribution < -0.4 is 5.32 Å². The Hall–Kier alpha value is -0.770. The van der Waals surface area contributed by atoms with Gasteiger partial charge in [0.25, 0.3) is 0 Å². The zero-order valence-corrected chi connectivity index (χ0v) is 10.5. The Kier molecular flexibility index (Phi) is 3.10. The van der Waals surface area contributed by atoms with E-state index in [0.717, 1.165) is 38.4 Å². The molecule has 16 heavy (non-hydrogen) atoms. The number of ether oxygens (including phenoxy) is 1. The number of nitrogens with one attached hydrogen (secondary N) is 1. The predicted octanol–water partition coefficient (Wildman–Crippen LogP) is 1.61. The summed E-state index contributed by atoms with van der Waals surface area (Å²) in [5.41, 5.74) is -0.388. The first-order valence-corrected chi connectivity index (χ1v) is 6.17. The number of amides is 1. The van der Waals surface area contributed by atoms with Gasteiger partial charge in [0.15, 0.2) is 0 Å². The topological polar surface area (TPSA) is 41.6 Å². The summed E-state index contributed by atoms with van der Waals surface area (Å²) in [4.78, 5) is 13.7. The third kappa shape index (κ3) is 2.67. The van der Waals surface area contributed by atoms with Gasteiger partial charge in [0.05, 0.1) is 0 Å². The van der Waals surface area contributed by atoms with E-state index in [4.69, 9.17) is 4.74 Å². The van der Waals surface area contributed by atoms with Crippen molar-refractivity contribution in [3.63, 3.8) is 0 Å². The summed E-state index contributed by atoms with van der Waals surface area (Å²) in [5.74, 6) is 0.771. The van der Waals surface area contributed by atoms with Crippen LogP contribution in [0, 0.1) is 5.92 Å². The Morgan fingerprint density at radius 3 is 2.56 bits per heavy atom. The molecule has 0 bridgehead atoms. The Labute approximate surface area is 97.3 Å². The van der Waals surface area contributed by atoms with Crippen molar-refractivity contribution >= 4 is 6.09 Å². The van der Waals surface area contributed by atoms with Crippen LogP contribution in [0.15, 0.2) is 0 Å². The summed E-state index contributed by atoms with van der Waals surface area (Å²) in [6.45, 7) is 8.52. The molecular formula is C12H22N2O2. The van der Waals surface area contributed by atoms with Crippen molar-refractivity contribution < 1.29 is 9.53 Å². The van der Waals surface area contributed by atoms with Crippen molar-refractivity contribution in [2.75, 3.05) is 19.6 Å². The van der Waals surface area contributed by atoms with Gasteiger partial charge in [0.2, 0.25) is 0 Å². The van der Waals surface area contributed by atoms with Crippen molar-refractivity contribution in [1.82, 2.24) is 10.2 Å². The van der Waals surface area contributed by atoms with E-state index in [1.165, 1.54) is 0 Å². The number of carbonyl (C=O) groups is 1. The average Bonchev–Trinajstić information content (AvgIpc) is 2.23. The van der Waals surface area contributed by atoms with Crippen LogP contribution in [0.5, 0.6) is 0 Å². The lowest BCUT2D eigenvalue weighted by atomic mass is 9.88. The second-order valence-electron chi connectivity index (χ2n) is 5.82. The van der Waals surface area contributed by atoms with Gasteiger partial charge in [-0.25, -0.2) is 4.79 Å². The fraction of sp³-hybridized carbons (Fsp3) is 0.917. The second-order valence-corrected chi connectivity index (χ2v) is 5.82. The molecule has 92 valence electrons. The fourth-order valence-corrected chi connectivity index (χ4v) is 2.33. The van der Waals surface area contributed by atoms with Crippen LogP contribution in [0.3, 0.4) is 0 Å². The molecule has 2 heterocycles. The third-order valence-electron chi connectivity index (χ3n) is 3.34. The van der Waals surface area contributed by atoms with Crippen LogP contribution in [0.25, 0.3) is 0 Å². The molecular weight excluding hydrogens is 204 g/mol. The number of nitrogens with zero attached hydrogens (tertiary/aromatic N) is 1. The van der Waals surface area contributed by atoms with Gasteiger partial charge in [-0.05, 0) is 46.1 Å². The minimum Gasteiger partial charge on any atom is -0.444 e. The van der Waals surface area contributed by atoms with Crippen LogP contribution >= 0.6 is 0 Å². The maximum Gasteiger partial charge on any atom is 0.410 e. The molecule has 2 atom stereocenters. The number of hydrogen-bond donors (Lipinski definition) is 1. The Bertz CT molecular complexity index is 259. The van der Waals surface area contributed by atoms with Crippen LogP contribution in [-0.4, -0.2) is 42.3 Å². The molecule has 0 aliphatic carbocycles. The maximum atomic E-state index is 11.9. The van der Waals surface area contributed by atoms with E-state index in [-0.39, 0.29) is 11.7 Å². The zero-order chi connectivity index (χ0) is 11.8. The highest BCUT2D eigenvalue weighted by Gasteiger charge is 2.34. The van der Waals surface area contributed by atoms with Gasteiger partial charge in [-0.3, -0.25) is 0 Å². The molecule has 0 unspecified atom stereocenters. The smallest absolute Gasteiger partial charge is 0.410 e. The van der Waals surface area contributed by atoms with Crippen molar-refractivity contribution in [2.24, 2.45) is 5.92 Å². The molecule has 0 aromatic carbocycles. The molecule has 2 aliphatic heterocycles. The summed E-state index contributed by atoms with van der Waals surface area (Å²) in [6, 6.07) is 0.632. The van der Waals surface area contributed by atoms with E-state index in [1.807, 2.05) is 25.7 Å². The largest absolute Gasteiger partial charge is 0.444 e. The van der Waals surface area contributed by atoms with E-state index in [1.54, 1.807) is 0 Å². The van der Waals surface area contributed by atoms with Crippen molar-refractivity contribution in [3.8, 4) is 0 Å². The number of rotatable bonds is 0. The van der Waals surface area contributed by atoms with Crippen molar-refractivity contribution in [1.29, 1.82) is 0 Å². The first kappa shape index (κ1) is 11.7. The van der Waals surface area contributed by atoms with Crippen LogP contribution in [0.1, 0.15) is 33.6 Å². The van der Waals surface area contributed by atoms with Crippen molar-refractivity contribution in [2.45, 2.75) is 45.3 Å². The predicted molar refractivity (Wildman–Crippen MR) is 62.3 cm³/mol. The molecule has 1 amide bonds. The third-order valence-corrected chi connectivity index (χ3v) is 3.34. The van der Waals surface area contributed by atoms with Gasteiger partial charge in [-0.2, -0.15) is 0 Å². The molecule has 4 heteroatoms. The molecule has 4 nitrogen and oxygen atoms in total. The number of fused-ring (bicyclic) bond motifs is 1. The average molecular weight is 226 g/mol. The Balaban J connectivity index is 1.87. The number of likely N-dealkylation sites (tertiary alicyclic amines) is 1. The van der Waals surface area contributed by atoms with E-state index in [0.29, 0.717) is 6.04 Å². The minimum atomic E-state index is -0.388. The molecule has 0 radical (unpaired) electrons. The van der Waals surface area contributed by atoms with Gasteiger partial charge < -0.3 is 15.0 Å². The van der Waals surface area contributed by atoms with E-state index in [2.05, 4.69) is 5.32 Å². The van der Waals surface area contributed by atoms with Gasteiger partial charge in [0, 0.05) is 19.1 Å². The fourth-order valence-electron chi connectivity index (χ4n) is 2.33. The number of carbonyl (C=O) groups excluding carboxylic acids is 1. The molecule has 2 aliphatic rings. The SMILES string of the molecule is CC(C)(C)OC(=O)N1CC[C@@H]2CN[C@H]2CC1. The normalized spacial score (nSPS) is 30.1. The van der Waals surface area contributed by atoms with Gasteiger partial charge in [-0.15, -0.1) is 0 Å². The molecule has 0 saturated carbocycles. The Morgan fingerprint density at radius 2 is 2.00 bits per heavy atom. The molecule has 2 fully saturated rings. The lowest BCUT2D eigenvalue weighted by Gasteiger charge is -2.36. The highest BCUT2D eigenvalue weighted by Crippen LogP contribution is 2.25. The monoisotopic (exact) mass is 226 g/mol. The molecule has 2 saturated heterocycles. The Morgan fingerprint density at radius 1 is 1.31 bits per heavy atom. The molecule has 0 aromatic rings. The lowest BCUT2D eigenvalue weighted by Crippen LogP contribution is -2.52. The van der Waals surface area contributed by atoms with E-state index < -0.39 is 0 Å². The summed E-state index contributed by atoms with van der Waals surface area (Å²) in [6.07, 6.45) is 2.01. The van der Waals surface area contributed by atoms with Gasteiger partial charge >= 0.3 is 6.09 Å². The first-order valence-electron chi connectivity index (χ1n) is 6.17. The minimum absolute atomic E-state index is 0.159. The van der Waals surface area contributed by atoms with Crippen LogP contribution in [0.2, 0.25) is 0 Å². The number of hydrogen-bond acceptors (Lipinski definition) is 3. The highest BCUT2D eigenvalue weighted by molar-refractivity contribution is 5.68. The van der Waals surface area contributed by atoms with E-state index >= 15 is 0 Å². The standard InChI is InChI=1S/C12H22N2O2/c1-12(2,3)16-11(15)14-6-4-9-8-13-10(9)5-7-14/h9-10,13H,4-8H2,1-3H3/t9-,10+/m1/s1. The van der Waals surface area contributed by atoms with Gasteiger partial charge in [0.1, 0.15) is 5.60 Å². The van der Waals surface area contributed by atoms with Gasteiger partial charge in [-0.1, -0.05) is 0 Å². The van der Waals surface area contributed by atoms with E-state index in [9.17, 15) is 4.79 Å². The first-order chi connectivity index (χ1) is 7.46. The summed E-state index contributed by atoms with van der Waals surface area (Å²) >= 11 is 0. The van der Waals surface area contributed by atoms with Crippen LogP contribution in [0.4, 0.5) is 4.79 Å². The second kappa shape index (κ2) is 4.24. The summed E-state index contributed by atoms with van der Waals surface area (Å²) < 4.78 is 5.39. The summed E-state index contributed by atoms with van der Waals surface area (Å²) in [7, 11) is 0. The molecule has 0 spiro atoms. The maximum absolute atomic E-state index is 11.9. The van der Waals surface area contributed by atoms with Crippen molar-refractivity contribution in [3.05, 3.63) is 0 Å². The molecule has 0 aromatic heterocycles. The molecule has 1 N–H and O–H groups in total. The quantitative estimate of drug-likeness (QED) is 0.682. The lowest BCUT2D eigenvalue weighted by molar-refractivity contribution is 0.0256. The zero-order valence-electron chi connectivity index (χ0n) is 10.5. The molecule has 2 rings (SSSR count). The van der Waals surface area contributed by atoms with Crippen LogP contribution in [-0.2, 0) is 4.74 Å². The summed E-state index contributed by atoms with van der Waals surface area (Å²) in [5, 5.41) is 3.42.